The first-order valence-electron chi connectivity index (χ1n) is 4.62. The Kier molecular flexibility index (Phi) is 2.96. The number of amidine groups is 1. The number of hydrogen-bond acceptors (Lipinski definition) is 4. The predicted octanol–water partition coefficient (Wildman–Crippen LogP) is 1.83. The Balaban J connectivity index is 2.28. The molecular formula is C11H10N2O2S. The first-order valence-corrected chi connectivity index (χ1v) is 5.44. The maximum absolute atomic E-state index is 11.4. The number of methoxy groups -OCH3 is 1. The summed E-state index contributed by atoms with van der Waals surface area (Å²) >= 11 is 1.12. The molecular weight excluding hydrogens is 224 g/mol. The minimum absolute atomic E-state index is 0.166. The third-order valence-corrected chi connectivity index (χ3v) is 2.88. The van der Waals surface area contributed by atoms with Gasteiger partial charge < -0.3 is 10.1 Å². The molecule has 0 unspecified atom stereocenters. The number of amides is 1. The Hall–Kier alpha value is -1.75. The van der Waals surface area contributed by atoms with Crippen molar-refractivity contribution in [1.82, 2.24) is 5.32 Å². The molecule has 0 atom stereocenters. The third kappa shape index (κ3) is 2.25. The quantitative estimate of drug-likeness (QED) is 0.767. The van der Waals surface area contributed by atoms with Crippen LogP contribution in [0.4, 0.5) is 0 Å². The van der Waals surface area contributed by atoms with Crippen molar-refractivity contribution in [3.05, 3.63) is 34.7 Å². The summed E-state index contributed by atoms with van der Waals surface area (Å²) in [5.41, 5.74) is 0.881. The molecule has 2 N–H and O–H groups in total. The highest BCUT2D eigenvalue weighted by Gasteiger charge is 2.21. The van der Waals surface area contributed by atoms with Crippen LogP contribution in [0.25, 0.3) is 6.08 Å². The Morgan fingerprint density at radius 3 is 2.94 bits per heavy atom. The average Bonchev–Trinajstić information content (AvgIpc) is 2.58. The largest absolute Gasteiger partial charge is 0.497 e. The van der Waals surface area contributed by atoms with E-state index in [0.717, 1.165) is 23.1 Å². The zero-order valence-corrected chi connectivity index (χ0v) is 9.43. The molecule has 1 aliphatic rings. The van der Waals surface area contributed by atoms with E-state index >= 15 is 0 Å². The molecule has 1 aliphatic heterocycles. The van der Waals surface area contributed by atoms with Gasteiger partial charge in [-0.2, -0.15) is 0 Å². The van der Waals surface area contributed by atoms with E-state index in [1.807, 2.05) is 24.3 Å². The van der Waals surface area contributed by atoms with Gasteiger partial charge in [0, 0.05) is 0 Å². The number of ether oxygens (including phenoxy) is 1. The van der Waals surface area contributed by atoms with Gasteiger partial charge in [0.05, 0.1) is 12.0 Å². The van der Waals surface area contributed by atoms with Gasteiger partial charge in [-0.25, -0.2) is 0 Å². The van der Waals surface area contributed by atoms with Gasteiger partial charge in [0.2, 0.25) is 0 Å². The van der Waals surface area contributed by atoms with Crippen LogP contribution in [0.15, 0.2) is 29.2 Å². The van der Waals surface area contributed by atoms with E-state index in [4.69, 9.17) is 10.1 Å². The molecule has 2 rings (SSSR count). The standard InChI is InChI=1S/C11H10N2O2S/c1-15-8-4-2-3-7(5-8)6-9-10(14)13-11(12)16-9/h2-6H,1H3,(H2,12,13,14)/b9-6-. The van der Waals surface area contributed by atoms with Crippen molar-refractivity contribution < 1.29 is 9.53 Å². The molecule has 1 aromatic carbocycles. The van der Waals surface area contributed by atoms with Gasteiger partial charge in [-0.15, -0.1) is 0 Å². The molecule has 0 aromatic heterocycles. The fraction of sp³-hybridized carbons (Fsp3) is 0.0909. The normalized spacial score (nSPS) is 17.7. The zero-order chi connectivity index (χ0) is 11.5. The Labute approximate surface area is 97.2 Å². The number of carbonyl (C=O) groups is 1. The van der Waals surface area contributed by atoms with Gasteiger partial charge in [0.25, 0.3) is 5.91 Å². The topological polar surface area (TPSA) is 62.2 Å². The Morgan fingerprint density at radius 2 is 2.31 bits per heavy atom. The van der Waals surface area contributed by atoms with Crippen molar-refractivity contribution >= 4 is 28.9 Å². The number of benzene rings is 1. The van der Waals surface area contributed by atoms with Crippen molar-refractivity contribution in [2.24, 2.45) is 0 Å². The van der Waals surface area contributed by atoms with Gasteiger partial charge in [0.1, 0.15) is 5.75 Å². The molecule has 0 aliphatic carbocycles. The molecule has 1 aromatic rings. The average molecular weight is 234 g/mol. The second-order valence-corrected chi connectivity index (χ2v) is 4.22. The molecule has 0 spiro atoms. The molecule has 0 radical (unpaired) electrons. The molecule has 5 heteroatoms. The summed E-state index contributed by atoms with van der Waals surface area (Å²) in [5.74, 6) is 0.519. The third-order valence-electron chi connectivity index (χ3n) is 2.05. The van der Waals surface area contributed by atoms with Crippen LogP contribution in [-0.4, -0.2) is 18.2 Å². The molecule has 1 amide bonds. The van der Waals surface area contributed by atoms with E-state index in [2.05, 4.69) is 5.32 Å². The van der Waals surface area contributed by atoms with Crippen molar-refractivity contribution in [3.8, 4) is 5.75 Å². The van der Waals surface area contributed by atoms with Crippen molar-refractivity contribution in [3.63, 3.8) is 0 Å². The summed E-state index contributed by atoms with van der Waals surface area (Å²) < 4.78 is 5.09. The summed E-state index contributed by atoms with van der Waals surface area (Å²) in [6.07, 6.45) is 1.74. The van der Waals surface area contributed by atoms with Crippen LogP contribution in [0.3, 0.4) is 0 Å². The van der Waals surface area contributed by atoms with Crippen LogP contribution in [-0.2, 0) is 4.79 Å². The molecule has 0 saturated carbocycles. The van der Waals surface area contributed by atoms with Crippen LogP contribution < -0.4 is 10.1 Å². The van der Waals surface area contributed by atoms with Crippen molar-refractivity contribution in [2.45, 2.75) is 0 Å². The first-order chi connectivity index (χ1) is 7.69. The lowest BCUT2D eigenvalue weighted by Crippen LogP contribution is -2.18. The fourth-order valence-corrected chi connectivity index (χ4v) is 2.03. The minimum atomic E-state index is -0.224. The fourth-order valence-electron chi connectivity index (χ4n) is 1.32. The smallest absolute Gasteiger partial charge is 0.264 e. The van der Waals surface area contributed by atoms with E-state index in [1.54, 1.807) is 13.2 Å². The second kappa shape index (κ2) is 4.40. The SMILES string of the molecule is COc1cccc(/C=C2\SC(=N)NC2=O)c1. The van der Waals surface area contributed by atoms with Gasteiger partial charge in [0.15, 0.2) is 5.17 Å². The molecule has 4 nitrogen and oxygen atoms in total. The van der Waals surface area contributed by atoms with Gasteiger partial charge >= 0.3 is 0 Å². The lowest BCUT2D eigenvalue weighted by Gasteiger charge is -2.00. The second-order valence-electron chi connectivity index (χ2n) is 3.17. The number of rotatable bonds is 2. The molecule has 82 valence electrons. The van der Waals surface area contributed by atoms with Crippen LogP contribution in [0.2, 0.25) is 0 Å². The first kappa shape index (κ1) is 10.8. The summed E-state index contributed by atoms with van der Waals surface area (Å²) in [5, 5.41) is 9.91. The van der Waals surface area contributed by atoms with E-state index in [1.165, 1.54) is 0 Å². The minimum Gasteiger partial charge on any atom is -0.497 e. The molecule has 1 heterocycles. The zero-order valence-electron chi connectivity index (χ0n) is 8.61. The number of thioether (sulfide) groups is 1. The van der Waals surface area contributed by atoms with Gasteiger partial charge in [-0.05, 0) is 35.5 Å². The summed E-state index contributed by atoms with van der Waals surface area (Å²) in [7, 11) is 1.60. The van der Waals surface area contributed by atoms with E-state index in [0.29, 0.717) is 4.91 Å². The molecule has 0 bridgehead atoms. The van der Waals surface area contributed by atoms with Crippen molar-refractivity contribution in [2.75, 3.05) is 7.11 Å². The van der Waals surface area contributed by atoms with Crippen molar-refractivity contribution in [1.29, 1.82) is 5.41 Å². The van der Waals surface area contributed by atoms with Crippen LogP contribution in [0, 0.1) is 5.41 Å². The molecule has 1 saturated heterocycles. The lowest BCUT2D eigenvalue weighted by atomic mass is 10.2. The van der Waals surface area contributed by atoms with Gasteiger partial charge in [-0.3, -0.25) is 10.2 Å². The van der Waals surface area contributed by atoms with E-state index < -0.39 is 0 Å². The Morgan fingerprint density at radius 1 is 1.50 bits per heavy atom. The maximum Gasteiger partial charge on any atom is 0.264 e. The number of nitrogens with one attached hydrogen (secondary N) is 2. The summed E-state index contributed by atoms with van der Waals surface area (Å²) in [6.45, 7) is 0. The summed E-state index contributed by atoms with van der Waals surface area (Å²) in [6, 6.07) is 7.41. The highest BCUT2D eigenvalue weighted by atomic mass is 32.2. The highest BCUT2D eigenvalue weighted by molar-refractivity contribution is 8.18. The monoisotopic (exact) mass is 234 g/mol. The summed E-state index contributed by atoms with van der Waals surface area (Å²) in [4.78, 5) is 11.9. The Bertz CT molecular complexity index is 483. The predicted molar refractivity (Wildman–Crippen MR) is 64.4 cm³/mol. The van der Waals surface area contributed by atoms with E-state index in [9.17, 15) is 4.79 Å². The van der Waals surface area contributed by atoms with E-state index in [-0.39, 0.29) is 11.1 Å². The maximum atomic E-state index is 11.4. The number of hydrogen-bond donors (Lipinski definition) is 2. The molecule has 16 heavy (non-hydrogen) atoms. The lowest BCUT2D eigenvalue weighted by molar-refractivity contribution is -0.115. The van der Waals surface area contributed by atoms with Gasteiger partial charge in [-0.1, -0.05) is 12.1 Å². The van der Waals surface area contributed by atoms with Crippen LogP contribution >= 0.6 is 11.8 Å². The van der Waals surface area contributed by atoms with Crippen LogP contribution in [0.1, 0.15) is 5.56 Å². The molecule has 1 fully saturated rings. The highest BCUT2D eigenvalue weighted by Crippen LogP contribution is 2.25. The number of carbonyl (C=O) groups excluding carboxylic acids is 1. The van der Waals surface area contributed by atoms with Crippen LogP contribution in [0.5, 0.6) is 5.75 Å².